The van der Waals surface area contributed by atoms with Gasteiger partial charge in [-0.3, -0.25) is 29.4 Å². The van der Waals surface area contributed by atoms with Crippen LogP contribution in [0.3, 0.4) is 0 Å². The van der Waals surface area contributed by atoms with Crippen molar-refractivity contribution in [2.24, 2.45) is 0 Å². The minimum Gasteiger partial charge on any atom is -0.462 e. The molecule has 2 heterocycles. The molecule has 33 heavy (non-hydrogen) atoms. The van der Waals surface area contributed by atoms with Crippen LogP contribution >= 0.6 is 11.3 Å². The van der Waals surface area contributed by atoms with E-state index in [1.54, 1.807) is 6.92 Å². The maximum absolute atomic E-state index is 12.7. The minimum absolute atomic E-state index is 0.0508. The number of aryl methyl sites for hydroxylation is 1. The van der Waals surface area contributed by atoms with Crippen molar-refractivity contribution in [1.82, 2.24) is 4.90 Å². The van der Waals surface area contributed by atoms with E-state index >= 15 is 0 Å². The summed E-state index contributed by atoms with van der Waals surface area (Å²) in [5.41, 5.74) is 0.531. The molecule has 1 aromatic heterocycles. The number of nitro groups is 1. The highest BCUT2D eigenvalue weighted by atomic mass is 32.1. The van der Waals surface area contributed by atoms with Crippen LogP contribution in [0.1, 0.15) is 67.7 Å². The zero-order valence-electron chi connectivity index (χ0n) is 17.8. The number of rotatable bonds is 7. The Morgan fingerprint density at radius 3 is 2.70 bits per heavy atom. The van der Waals surface area contributed by atoms with Gasteiger partial charge >= 0.3 is 5.97 Å². The lowest BCUT2D eigenvalue weighted by atomic mass is 9.95. The number of esters is 1. The topological polar surface area (TPSA) is 136 Å². The standard InChI is InChI=1S/C22H21N3O7S/c1-2-32-22(29)18-12-6-3-4-9-15(12)33-19(18)23-16(26)10-11-24-20(27)13-7-5-8-14(25(30)31)17(13)21(24)28/h5,7-8H,2-4,6,9-11H2,1H3,(H,23,26). The first kappa shape index (κ1) is 22.6. The highest BCUT2D eigenvalue weighted by Crippen LogP contribution is 2.39. The highest BCUT2D eigenvalue weighted by Gasteiger charge is 2.40. The van der Waals surface area contributed by atoms with Gasteiger partial charge in [0.25, 0.3) is 17.5 Å². The van der Waals surface area contributed by atoms with Gasteiger partial charge < -0.3 is 10.1 Å². The molecule has 0 saturated heterocycles. The number of amides is 3. The molecule has 0 bridgehead atoms. The lowest BCUT2D eigenvalue weighted by molar-refractivity contribution is -0.385. The Morgan fingerprint density at radius 2 is 1.97 bits per heavy atom. The van der Waals surface area contributed by atoms with Crippen LogP contribution in [0.25, 0.3) is 0 Å². The number of hydrogen-bond acceptors (Lipinski definition) is 8. The van der Waals surface area contributed by atoms with Gasteiger partial charge in [0.15, 0.2) is 0 Å². The fourth-order valence-corrected chi connectivity index (χ4v) is 5.44. The Bertz CT molecular complexity index is 1190. The number of ether oxygens (including phenoxy) is 1. The van der Waals surface area contributed by atoms with Crippen LogP contribution in [0.4, 0.5) is 10.7 Å². The molecule has 3 amide bonds. The number of benzene rings is 1. The summed E-state index contributed by atoms with van der Waals surface area (Å²) in [6.45, 7) is 1.68. The normalized spacial score (nSPS) is 14.6. The van der Waals surface area contributed by atoms with E-state index in [1.807, 2.05) is 0 Å². The van der Waals surface area contributed by atoms with E-state index in [0.717, 1.165) is 47.1 Å². The predicted octanol–water partition coefficient (Wildman–Crippen LogP) is 3.34. The Morgan fingerprint density at radius 1 is 1.21 bits per heavy atom. The summed E-state index contributed by atoms with van der Waals surface area (Å²) in [5, 5.41) is 14.4. The Hall–Kier alpha value is -3.60. The number of nitrogens with one attached hydrogen (secondary N) is 1. The highest BCUT2D eigenvalue weighted by molar-refractivity contribution is 7.17. The molecular weight excluding hydrogens is 450 g/mol. The van der Waals surface area contributed by atoms with Crippen molar-refractivity contribution < 1.29 is 28.8 Å². The summed E-state index contributed by atoms with van der Waals surface area (Å²) in [4.78, 5) is 62.8. The first-order valence-electron chi connectivity index (χ1n) is 10.6. The molecule has 4 rings (SSSR count). The molecule has 0 atom stereocenters. The second-order valence-corrected chi connectivity index (χ2v) is 8.76. The molecule has 172 valence electrons. The number of anilines is 1. The van der Waals surface area contributed by atoms with Gasteiger partial charge in [-0.25, -0.2) is 4.79 Å². The third-order valence-corrected chi connectivity index (χ3v) is 6.85. The zero-order chi connectivity index (χ0) is 23.7. The Kier molecular flexibility index (Phi) is 6.23. The molecule has 0 radical (unpaired) electrons. The Balaban J connectivity index is 1.49. The second kappa shape index (κ2) is 9.10. The van der Waals surface area contributed by atoms with Crippen LogP contribution in [-0.2, 0) is 22.4 Å². The van der Waals surface area contributed by atoms with E-state index in [0.29, 0.717) is 10.6 Å². The minimum atomic E-state index is -0.797. The molecule has 2 aliphatic rings. The second-order valence-electron chi connectivity index (χ2n) is 7.65. The van der Waals surface area contributed by atoms with Crippen LogP contribution in [0.5, 0.6) is 0 Å². The van der Waals surface area contributed by atoms with E-state index in [2.05, 4.69) is 5.32 Å². The van der Waals surface area contributed by atoms with Crippen molar-refractivity contribution in [2.75, 3.05) is 18.5 Å². The summed E-state index contributed by atoms with van der Waals surface area (Å²) in [7, 11) is 0. The molecule has 1 aliphatic carbocycles. The molecule has 10 nitrogen and oxygen atoms in total. The van der Waals surface area contributed by atoms with E-state index < -0.39 is 34.3 Å². The molecule has 0 unspecified atom stereocenters. The number of carbonyl (C=O) groups is 4. The number of nitro benzene ring substituents is 1. The van der Waals surface area contributed by atoms with Crippen LogP contribution in [0.15, 0.2) is 18.2 Å². The maximum atomic E-state index is 12.7. The molecule has 1 aromatic carbocycles. The quantitative estimate of drug-likeness (QED) is 0.283. The molecule has 2 aromatic rings. The summed E-state index contributed by atoms with van der Waals surface area (Å²) >= 11 is 1.34. The molecule has 11 heteroatoms. The van der Waals surface area contributed by atoms with E-state index in [9.17, 15) is 29.3 Å². The molecule has 0 fully saturated rings. The summed E-state index contributed by atoms with van der Waals surface area (Å²) < 4.78 is 5.17. The average Bonchev–Trinajstić information content (AvgIpc) is 3.27. The maximum Gasteiger partial charge on any atom is 0.341 e. The number of carbonyl (C=O) groups excluding carboxylic acids is 4. The zero-order valence-corrected chi connectivity index (χ0v) is 18.7. The van der Waals surface area contributed by atoms with E-state index in [4.69, 9.17) is 4.74 Å². The fraction of sp³-hybridized carbons (Fsp3) is 0.364. The third kappa shape index (κ3) is 4.11. The van der Waals surface area contributed by atoms with Gasteiger partial charge in [0.1, 0.15) is 10.6 Å². The van der Waals surface area contributed by atoms with Gasteiger partial charge in [0.05, 0.1) is 22.7 Å². The van der Waals surface area contributed by atoms with Gasteiger partial charge in [0, 0.05) is 23.9 Å². The number of fused-ring (bicyclic) bond motifs is 2. The first-order chi connectivity index (χ1) is 15.8. The summed E-state index contributed by atoms with van der Waals surface area (Å²) in [6, 6.07) is 3.86. The number of nitrogens with zero attached hydrogens (tertiary/aromatic N) is 2. The van der Waals surface area contributed by atoms with Crippen LogP contribution < -0.4 is 5.32 Å². The largest absolute Gasteiger partial charge is 0.462 e. The van der Waals surface area contributed by atoms with Crippen LogP contribution in [0, 0.1) is 10.1 Å². The summed E-state index contributed by atoms with van der Waals surface area (Å²) in [6.07, 6.45) is 3.31. The van der Waals surface area contributed by atoms with Crippen LogP contribution in [-0.4, -0.2) is 46.7 Å². The van der Waals surface area contributed by atoms with Crippen molar-refractivity contribution in [3.05, 3.63) is 55.4 Å². The SMILES string of the molecule is CCOC(=O)c1c(NC(=O)CCN2C(=O)c3cccc([N+](=O)[O-])c3C2=O)sc2c1CCCC2. The van der Waals surface area contributed by atoms with Crippen molar-refractivity contribution in [1.29, 1.82) is 0 Å². The van der Waals surface area contributed by atoms with Gasteiger partial charge in [-0.2, -0.15) is 0 Å². The monoisotopic (exact) mass is 471 g/mol. The first-order valence-corrected chi connectivity index (χ1v) is 11.4. The number of imide groups is 1. The molecule has 0 saturated carbocycles. The van der Waals surface area contributed by atoms with Crippen molar-refractivity contribution in [2.45, 2.75) is 39.0 Å². The summed E-state index contributed by atoms with van der Waals surface area (Å²) in [5.74, 6) is -2.44. The van der Waals surface area contributed by atoms with E-state index in [-0.39, 0.29) is 30.7 Å². The number of thiophene rings is 1. The molecular formula is C22H21N3O7S. The van der Waals surface area contributed by atoms with Crippen molar-refractivity contribution >= 4 is 45.7 Å². The van der Waals surface area contributed by atoms with E-state index in [1.165, 1.54) is 23.5 Å². The van der Waals surface area contributed by atoms with Gasteiger partial charge in [-0.05, 0) is 44.2 Å². The van der Waals surface area contributed by atoms with Gasteiger partial charge in [0.2, 0.25) is 5.91 Å². The van der Waals surface area contributed by atoms with Gasteiger partial charge in [-0.15, -0.1) is 11.3 Å². The molecule has 1 aliphatic heterocycles. The lowest BCUT2D eigenvalue weighted by Crippen LogP contribution is -2.33. The average molecular weight is 471 g/mol. The fourth-order valence-electron chi connectivity index (χ4n) is 4.15. The number of hydrogen-bond donors (Lipinski definition) is 1. The van der Waals surface area contributed by atoms with Crippen molar-refractivity contribution in [3.63, 3.8) is 0 Å². The van der Waals surface area contributed by atoms with Crippen molar-refractivity contribution in [3.8, 4) is 0 Å². The van der Waals surface area contributed by atoms with Crippen LogP contribution in [0.2, 0.25) is 0 Å². The smallest absolute Gasteiger partial charge is 0.341 e. The Labute approximate surface area is 192 Å². The third-order valence-electron chi connectivity index (χ3n) is 5.64. The lowest BCUT2D eigenvalue weighted by Gasteiger charge is -2.14. The molecule has 1 N–H and O–H groups in total. The molecule has 0 spiro atoms. The predicted molar refractivity (Wildman–Crippen MR) is 119 cm³/mol. The van der Waals surface area contributed by atoms with Gasteiger partial charge in [-0.1, -0.05) is 6.07 Å².